The van der Waals surface area contributed by atoms with Crippen molar-refractivity contribution in [3.63, 3.8) is 0 Å². The van der Waals surface area contributed by atoms with E-state index in [4.69, 9.17) is 5.73 Å². The molecule has 1 aromatic heterocycles. The minimum atomic E-state index is -4.83. The van der Waals surface area contributed by atoms with E-state index in [0.717, 1.165) is 12.5 Å². The van der Waals surface area contributed by atoms with E-state index in [2.05, 4.69) is 5.32 Å². The molecule has 2 heterocycles. The lowest BCUT2D eigenvalue weighted by Gasteiger charge is -2.27. The summed E-state index contributed by atoms with van der Waals surface area (Å²) in [6.45, 7) is 0. The number of urea groups is 1. The van der Waals surface area contributed by atoms with Crippen LogP contribution in [0.5, 0.6) is 0 Å². The number of likely N-dealkylation sites (tertiary alicyclic amines) is 1. The first-order valence-corrected chi connectivity index (χ1v) is 11.4. The summed E-state index contributed by atoms with van der Waals surface area (Å²) < 4.78 is 54.6. The quantitative estimate of drug-likeness (QED) is 0.485. The number of carbonyl (C=O) groups excluding carboxylic acids is 3. The molecule has 3 aromatic rings. The highest BCUT2D eigenvalue weighted by molar-refractivity contribution is 6.05. The largest absolute Gasteiger partial charge is 0.419 e. The summed E-state index contributed by atoms with van der Waals surface area (Å²) in [5.74, 6) is -1.55. The van der Waals surface area contributed by atoms with E-state index < -0.39 is 35.7 Å². The van der Waals surface area contributed by atoms with Crippen LogP contribution in [0.3, 0.4) is 0 Å². The third-order valence-corrected chi connectivity index (χ3v) is 6.93. The third-order valence-electron chi connectivity index (χ3n) is 6.93. The van der Waals surface area contributed by atoms with Gasteiger partial charge in [-0.2, -0.15) is 13.2 Å². The van der Waals surface area contributed by atoms with Gasteiger partial charge in [-0.05, 0) is 42.9 Å². The van der Waals surface area contributed by atoms with Gasteiger partial charge in [0.15, 0.2) is 5.78 Å². The molecule has 36 heavy (non-hydrogen) atoms. The Bertz CT molecular complexity index is 1380. The number of ketones is 1. The van der Waals surface area contributed by atoms with Crippen LogP contribution in [0, 0.1) is 11.7 Å². The fraction of sp³-hybridized carbons (Fsp3) is 0.320. The van der Waals surface area contributed by atoms with Crippen molar-refractivity contribution in [1.82, 2.24) is 9.47 Å². The number of rotatable bonds is 5. The Labute approximate surface area is 202 Å². The van der Waals surface area contributed by atoms with Gasteiger partial charge in [0.2, 0.25) is 0 Å². The van der Waals surface area contributed by atoms with Crippen LogP contribution < -0.4 is 11.1 Å². The predicted octanol–water partition coefficient (Wildman–Crippen LogP) is 4.92. The molecule has 188 valence electrons. The number of nitrogens with zero attached hydrogens (tertiary/aromatic N) is 2. The number of carbonyl (C=O) groups is 3. The molecule has 1 saturated heterocycles. The minimum Gasteiger partial charge on any atom is -0.351 e. The van der Waals surface area contributed by atoms with Crippen molar-refractivity contribution in [2.75, 3.05) is 5.32 Å². The van der Waals surface area contributed by atoms with Crippen LogP contribution in [-0.2, 0) is 17.4 Å². The Hall–Kier alpha value is -3.89. The van der Waals surface area contributed by atoms with Gasteiger partial charge >= 0.3 is 18.2 Å². The number of hydrogen-bond donors (Lipinski definition) is 2. The number of piperidine rings is 1. The van der Waals surface area contributed by atoms with Crippen LogP contribution in [0.15, 0.2) is 48.7 Å². The average Bonchev–Trinajstić information content (AvgIpc) is 3.32. The number of aryl methyl sites for hydroxylation is 1. The molecule has 2 aliphatic rings. The van der Waals surface area contributed by atoms with Crippen LogP contribution in [-0.4, -0.2) is 39.4 Å². The number of para-hydroxylation sites is 1. The van der Waals surface area contributed by atoms with Gasteiger partial charge in [0, 0.05) is 24.0 Å². The lowest BCUT2D eigenvalue weighted by molar-refractivity contribution is -0.140. The van der Waals surface area contributed by atoms with Gasteiger partial charge < -0.3 is 16.0 Å². The number of alkyl halides is 3. The van der Waals surface area contributed by atoms with Gasteiger partial charge in [0.1, 0.15) is 5.82 Å². The molecule has 5 rings (SSSR count). The summed E-state index contributed by atoms with van der Waals surface area (Å²) in [5.41, 5.74) is 4.73. The molecule has 1 aliphatic carbocycles. The summed E-state index contributed by atoms with van der Waals surface area (Å²) in [6.07, 6.45) is -2.62. The van der Waals surface area contributed by atoms with Crippen LogP contribution >= 0.6 is 0 Å². The Morgan fingerprint density at radius 2 is 1.81 bits per heavy atom. The van der Waals surface area contributed by atoms with E-state index in [1.54, 1.807) is 24.3 Å². The Balaban J connectivity index is 1.31. The van der Waals surface area contributed by atoms with E-state index in [0.29, 0.717) is 29.1 Å². The molecule has 3 amide bonds. The molecule has 0 bridgehead atoms. The monoisotopic (exact) mass is 502 g/mol. The second-order valence-electron chi connectivity index (χ2n) is 9.16. The maximum Gasteiger partial charge on any atom is 0.419 e. The standard InChI is InChI=1S/C25H22F4N4O3/c26-22-13(4-3-6-16(22)25(27,28)29)8-9-21(34)20-11-14-10-19(14)33(20)24(36)31-17-12-32(23(30)35)18-7-2-1-5-15(17)18/h1-7,12,14,19-20H,8-11H2,(H2,30,35)(H,31,36)/t14?,19?,20-/m0/s1. The molecule has 1 aliphatic heterocycles. The number of hydrogen-bond acceptors (Lipinski definition) is 3. The summed E-state index contributed by atoms with van der Waals surface area (Å²) >= 11 is 0. The highest BCUT2D eigenvalue weighted by Crippen LogP contribution is 2.48. The number of halogens is 4. The predicted molar refractivity (Wildman–Crippen MR) is 123 cm³/mol. The number of benzene rings is 2. The number of nitrogens with two attached hydrogens (primary N) is 1. The molecule has 3 N–H and O–H groups in total. The second-order valence-corrected chi connectivity index (χ2v) is 9.16. The van der Waals surface area contributed by atoms with E-state index in [1.807, 2.05) is 0 Å². The number of Topliss-reactive ketones (excluding diaryl/α,β-unsaturated/α-hetero) is 1. The number of amides is 3. The van der Waals surface area contributed by atoms with Gasteiger partial charge in [0.25, 0.3) is 0 Å². The Morgan fingerprint density at radius 1 is 1.06 bits per heavy atom. The maximum absolute atomic E-state index is 14.4. The molecule has 2 fully saturated rings. The molecule has 1 saturated carbocycles. The zero-order chi connectivity index (χ0) is 25.8. The van der Waals surface area contributed by atoms with Gasteiger partial charge in [-0.15, -0.1) is 0 Å². The van der Waals surface area contributed by atoms with Crippen molar-refractivity contribution in [2.24, 2.45) is 11.7 Å². The van der Waals surface area contributed by atoms with Crippen molar-refractivity contribution >= 4 is 34.4 Å². The molecule has 2 unspecified atom stereocenters. The average molecular weight is 502 g/mol. The summed E-state index contributed by atoms with van der Waals surface area (Å²) in [7, 11) is 0. The zero-order valence-corrected chi connectivity index (χ0v) is 18.9. The van der Waals surface area contributed by atoms with Gasteiger partial charge in [-0.25, -0.2) is 14.0 Å². The molecule has 3 atom stereocenters. The Kier molecular flexibility index (Phi) is 5.73. The fourth-order valence-electron chi connectivity index (χ4n) is 5.09. The van der Waals surface area contributed by atoms with Crippen LogP contribution in [0.2, 0.25) is 0 Å². The molecule has 0 spiro atoms. The number of nitrogens with one attached hydrogen (secondary N) is 1. The lowest BCUT2D eigenvalue weighted by Crippen LogP contribution is -2.45. The number of aromatic nitrogens is 1. The normalized spacial score (nSPS) is 20.9. The highest BCUT2D eigenvalue weighted by Gasteiger charge is 2.55. The first-order valence-electron chi connectivity index (χ1n) is 11.4. The number of primary amides is 1. The molecular weight excluding hydrogens is 480 g/mol. The minimum absolute atomic E-state index is 0.117. The first kappa shape index (κ1) is 23.8. The Morgan fingerprint density at radius 3 is 2.53 bits per heavy atom. The van der Waals surface area contributed by atoms with Crippen molar-refractivity contribution in [2.45, 2.75) is 43.9 Å². The molecular formula is C25H22F4N4O3. The van der Waals surface area contributed by atoms with E-state index in [-0.39, 0.29) is 36.1 Å². The van der Waals surface area contributed by atoms with Gasteiger partial charge in [-0.3, -0.25) is 9.36 Å². The molecule has 11 heteroatoms. The first-order chi connectivity index (χ1) is 17.1. The fourth-order valence-corrected chi connectivity index (χ4v) is 5.09. The summed E-state index contributed by atoms with van der Waals surface area (Å²) in [5, 5.41) is 3.37. The van der Waals surface area contributed by atoms with Crippen molar-refractivity contribution < 1.29 is 31.9 Å². The number of anilines is 1. The van der Waals surface area contributed by atoms with Gasteiger partial charge in [-0.1, -0.05) is 30.3 Å². The van der Waals surface area contributed by atoms with Crippen molar-refractivity contribution in [3.05, 3.63) is 65.6 Å². The lowest BCUT2D eigenvalue weighted by atomic mass is 9.99. The topological polar surface area (TPSA) is 97.4 Å². The molecule has 0 radical (unpaired) electrons. The maximum atomic E-state index is 14.4. The van der Waals surface area contributed by atoms with Crippen LogP contribution in [0.1, 0.15) is 30.4 Å². The second kappa shape index (κ2) is 8.65. The SMILES string of the molecule is NC(=O)n1cc(NC(=O)N2C3CC3C[C@H]2C(=O)CCc2cccc(C(F)(F)F)c2F)c2ccccc21. The van der Waals surface area contributed by atoms with Crippen LogP contribution in [0.25, 0.3) is 10.9 Å². The third kappa shape index (κ3) is 4.18. The van der Waals surface area contributed by atoms with Crippen molar-refractivity contribution in [1.29, 1.82) is 0 Å². The number of fused-ring (bicyclic) bond motifs is 2. The summed E-state index contributed by atoms with van der Waals surface area (Å²) in [6, 6.07) is 7.76. The van der Waals surface area contributed by atoms with E-state index in [1.165, 1.54) is 21.7 Å². The zero-order valence-electron chi connectivity index (χ0n) is 18.9. The molecule has 7 nitrogen and oxygen atoms in total. The summed E-state index contributed by atoms with van der Waals surface area (Å²) in [4.78, 5) is 39.5. The molecule has 2 aromatic carbocycles. The smallest absolute Gasteiger partial charge is 0.351 e. The van der Waals surface area contributed by atoms with Crippen LogP contribution in [0.4, 0.5) is 32.8 Å². The van der Waals surface area contributed by atoms with E-state index in [9.17, 15) is 31.9 Å². The van der Waals surface area contributed by atoms with Crippen molar-refractivity contribution in [3.8, 4) is 0 Å². The highest BCUT2D eigenvalue weighted by atomic mass is 19.4. The van der Waals surface area contributed by atoms with E-state index >= 15 is 0 Å². The van der Waals surface area contributed by atoms with Gasteiger partial charge in [0.05, 0.1) is 22.8 Å².